The first-order valence-corrected chi connectivity index (χ1v) is 2.96. The monoisotopic (exact) mass is 128 g/mol. The van der Waals surface area contributed by atoms with Gasteiger partial charge in [0.1, 0.15) is 0 Å². The summed E-state index contributed by atoms with van der Waals surface area (Å²) in [6, 6.07) is 0. The molecule has 0 aliphatic carbocycles. The van der Waals surface area contributed by atoms with Gasteiger partial charge >= 0.3 is 9.32 Å². The Bertz CT molecular complexity index is 67.8. The van der Waals surface area contributed by atoms with Crippen LogP contribution in [0, 0.1) is 0 Å². The average molecular weight is 128 g/mol. The number of rotatable bonds is 2. The molecule has 0 aromatic rings. The fraction of sp³-hybridized carbons (Fsp3) is 0. The van der Waals surface area contributed by atoms with E-state index in [0.717, 1.165) is 0 Å². The van der Waals surface area contributed by atoms with Gasteiger partial charge in [-0.25, -0.2) is 12.3 Å². The van der Waals surface area contributed by atoms with Crippen LogP contribution in [0.25, 0.3) is 0 Å². The number of hydrogen-bond donors (Lipinski definition) is 0. The molecule has 0 amide bonds. The molecule has 5 heteroatoms. The van der Waals surface area contributed by atoms with Crippen molar-refractivity contribution in [2.45, 2.75) is 0 Å². The van der Waals surface area contributed by atoms with Gasteiger partial charge in [0.15, 0.2) is 0 Å². The van der Waals surface area contributed by atoms with E-state index in [0.29, 0.717) is 6.26 Å². The van der Waals surface area contributed by atoms with E-state index >= 15 is 0 Å². The zero-order chi connectivity index (χ0) is 5.91. The summed E-state index contributed by atoms with van der Waals surface area (Å²) >= 11 is 0. The highest BCUT2D eigenvalue weighted by Crippen LogP contribution is 2.08. The first-order valence-electron chi connectivity index (χ1n) is 1.42. The highest BCUT2D eigenvalue weighted by atomic mass is 28.5. The van der Waals surface area contributed by atoms with Crippen LogP contribution in [0.4, 0.5) is 12.3 Å². The van der Waals surface area contributed by atoms with Gasteiger partial charge < -0.3 is 4.43 Å². The molecule has 0 rings (SSSR count). The van der Waals surface area contributed by atoms with E-state index in [1.807, 2.05) is 0 Å². The summed E-state index contributed by atoms with van der Waals surface area (Å²) in [5.41, 5.74) is 0. The molecule has 0 aromatic heterocycles. The van der Waals surface area contributed by atoms with E-state index in [2.05, 4.69) is 11.0 Å². The molecular weight excluding hydrogens is 125 g/mol. The summed E-state index contributed by atoms with van der Waals surface area (Å²) in [4.78, 5) is 0. The Morgan fingerprint density at radius 2 is 1.86 bits per heavy atom. The lowest BCUT2D eigenvalue weighted by Crippen LogP contribution is -2.16. The van der Waals surface area contributed by atoms with Crippen LogP contribution >= 0.6 is 0 Å². The Morgan fingerprint density at radius 1 is 1.43 bits per heavy atom. The summed E-state index contributed by atoms with van der Waals surface area (Å²) in [5, 5.41) is 0. The smallest absolute Gasteiger partial charge is 0.479 e. The van der Waals surface area contributed by atoms with Crippen molar-refractivity contribution in [3.8, 4) is 0 Å². The van der Waals surface area contributed by atoms with Crippen LogP contribution in [0.2, 0.25) is 0 Å². The van der Waals surface area contributed by atoms with Gasteiger partial charge in [-0.1, -0.05) is 6.58 Å². The fourth-order valence-corrected chi connectivity index (χ4v) is 0.283. The van der Waals surface area contributed by atoms with Gasteiger partial charge in [0.25, 0.3) is 0 Å². The molecular formula is C2H3F3OSi. The average Bonchev–Trinajstić information content (AvgIpc) is 1.30. The van der Waals surface area contributed by atoms with E-state index in [4.69, 9.17) is 0 Å². The molecule has 0 unspecified atom stereocenters. The molecule has 0 radical (unpaired) electrons. The maximum Gasteiger partial charge on any atom is 0.874 e. The van der Waals surface area contributed by atoms with Crippen molar-refractivity contribution in [3.63, 3.8) is 0 Å². The second-order valence-corrected chi connectivity index (χ2v) is 1.86. The molecule has 0 N–H and O–H groups in total. The van der Waals surface area contributed by atoms with E-state index in [1.54, 1.807) is 0 Å². The highest BCUT2D eigenvalue weighted by molar-refractivity contribution is 6.51. The van der Waals surface area contributed by atoms with Crippen molar-refractivity contribution in [1.29, 1.82) is 0 Å². The second kappa shape index (κ2) is 2.01. The lowest BCUT2D eigenvalue weighted by molar-refractivity contribution is 0.259. The highest BCUT2D eigenvalue weighted by Gasteiger charge is 2.43. The minimum Gasteiger partial charge on any atom is -0.479 e. The minimum absolute atomic E-state index is 0.395. The molecule has 0 heterocycles. The molecule has 42 valence electrons. The van der Waals surface area contributed by atoms with Crippen LogP contribution in [0.15, 0.2) is 12.8 Å². The molecule has 0 aliphatic heterocycles. The van der Waals surface area contributed by atoms with Crippen molar-refractivity contribution in [2.24, 2.45) is 0 Å². The van der Waals surface area contributed by atoms with Crippen LogP contribution in [0.5, 0.6) is 0 Å². The Labute approximate surface area is 40.1 Å². The molecule has 1 nitrogen and oxygen atoms in total. The lowest BCUT2D eigenvalue weighted by Gasteiger charge is -1.95. The van der Waals surface area contributed by atoms with Crippen LogP contribution in [-0.4, -0.2) is 9.32 Å². The molecule has 0 saturated heterocycles. The summed E-state index contributed by atoms with van der Waals surface area (Å²) in [7, 11) is -5.78. The summed E-state index contributed by atoms with van der Waals surface area (Å²) in [5.74, 6) is 0. The van der Waals surface area contributed by atoms with Crippen LogP contribution < -0.4 is 0 Å². The van der Waals surface area contributed by atoms with Gasteiger partial charge in [-0.05, 0) is 0 Å². The quantitative estimate of drug-likeness (QED) is 0.311. The lowest BCUT2D eigenvalue weighted by atomic mass is 11.2. The normalized spacial score (nSPS) is 10.7. The SMILES string of the molecule is C=CO[Si](F)(F)F. The van der Waals surface area contributed by atoms with E-state index in [-0.39, 0.29) is 0 Å². The Hall–Kier alpha value is -0.453. The predicted molar refractivity (Wildman–Crippen MR) is 20.4 cm³/mol. The van der Waals surface area contributed by atoms with E-state index in [9.17, 15) is 12.3 Å². The zero-order valence-corrected chi connectivity index (χ0v) is 4.33. The third kappa shape index (κ3) is 5.55. The van der Waals surface area contributed by atoms with E-state index in [1.165, 1.54) is 0 Å². The molecule has 0 bridgehead atoms. The molecule has 0 spiro atoms. The zero-order valence-electron chi connectivity index (χ0n) is 3.33. The topological polar surface area (TPSA) is 9.23 Å². The van der Waals surface area contributed by atoms with Crippen molar-refractivity contribution in [1.82, 2.24) is 0 Å². The summed E-state index contributed by atoms with van der Waals surface area (Å²) in [6.07, 6.45) is 0.395. The molecule has 7 heavy (non-hydrogen) atoms. The largest absolute Gasteiger partial charge is 0.874 e. The van der Waals surface area contributed by atoms with Gasteiger partial charge in [-0.3, -0.25) is 0 Å². The van der Waals surface area contributed by atoms with Gasteiger partial charge in [0, 0.05) is 0 Å². The van der Waals surface area contributed by atoms with Gasteiger partial charge in [0.2, 0.25) is 0 Å². The summed E-state index contributed by atoms with van der Waals surface area (Å²) < 4.78 is 35.8. The molecule has 0 fully saturated rings. The second-order valence-electron chi connectivity index (χ2n) is 0.730. The molecule has 0 saturated carbocycles. The Morgan fingerprint density at radius 3 is 1.86 bits per heavy atom. The maximum atomic E-state index is 10.9. The van der Waals surface area contributed by atoms with E-state index < -0.39 is 9.32 Å². The van der Waals surface area contributed by atoms with Crippen molar-refractivity contribution in [2.75, 3.05) is 0 Å². The predicted octanol–water partition coefficient (Wildman–Crippen LogP) is 1.49. The van der Waals surface area contributed by atoms with Gasteiger partial charge in [-0.2, -0.15) is 0 Å². The molecule has 0 atom stereocenters. The number of hydrogen-bond acceptors (Lipinski definition) is 1. The van der Waals surface area contributed by atoms with Crippen molar-refractivity contribution in [3.05, 3.63) is 12.8 Å². The van der Waals surface area contributed by atoms with Gasteiger partial charge in [0.05, 0.1) is 6.26 Å². The summed E-state index contributed by atoms with van der Waals surface area (Å²) in [6.45, 7) is 2.74. The first kappa shape index (κ1) is 6.55. The minimum atomic E-state index is -5.78. The first-order chi connectivity index (χ1) is 3.06. The standard InChI is InChI=1S/C2H3F3OSi/c1-2-6-7(3,4)5/h2H,1H2. The fourth-order valence-electron chi connectivity index (χ4n) is 0.0945. The Balaban J connectivity index is 3.34. The van der Waals surface area contributed by atoms with Gasteiger partial charge in [-0.15, -0.1) is 0 Å². The molecule has 0 aromatic carbocycles. The van der Waals surface area contributed by atoms with Crippen LogP contribution in [-0.2, 0) is 4.43 Å². The maximum absolute atomic E-state index is 10.9. The van der Waals surface area contributed by atoms with Crippen molar-refractivity contribution >= 4 is 9.32 Å². The van der Waals surface area contributed by atoms with Crippen LogP contribution in [0.1, 0.15) is 0 Å². The third-order valence-corrected chi connectivity index (χ3v) is 0.651. The van der Waals surface area contributed by atoms with Crippen LogP contribution in [0.3, 0.4) is 0 Å². The third-order valence-electron chi connectivity index (χ3n) is 0.217. The Kier molecular flexibility index (Phi) is 1.88. The molecule has 0 aliphatic rings. The number of halogens is 3. The van der Waals surface area contributed by atoms with Crippen molar-refractivity contribution < 1.29 is 16.7 Å².